The summed E-state index contributed by atoms with van der Waals surface area (Å²) in [5.74, 6) is 0.0732. The molecule has 1 aliphatic heterocycles. The molecular weight excluding hydrogens is 154 g/mol. The molecule has 1 atom stereocenters. The number of hydrogen-bond acceptors (Lipinski definition) is 3. The van der Waals surface area contributed by atoms with Gasteiger partial charge in [0.25, 0.3) is 0 Å². The summed E-state index contributed by atoms with van der Waals surface area (Å²) in [6.07, 6.45) is 2.20. The molecule has 0 bridgehead atoms. The highest BCUT2D eigenvalue weighted by Crippen LogP contribution is 2.06. The van der Waals surface area contributed by atoms with E-state index in [4.69, 9.17) is 5.73 Å². The smallest absolute Gasteiger partial charge is 0.233 e. The molecule has 0 aliphatic carbocycles. The summed E-state index contributed by atoms with van der Waals surface area (Å²) in [5, 5.41) is 2.61. The molecule has 0 radical (unpaired) electrons. The van der Waals surface area contributed by atoms with Gasteiger partial charge in [-0.2, -0.15) is 0 Å². The normalized spacial score (nSPS) is 25.3. The van der Waals surface area contributed by atoms with E-state index >= 15 is 0 Å². The molecular formula is C8H17N3O. The highest BCUT2D eigenvalue weighted by molar-refractivity contribution is 5.77. The van der Waals surface area contributed by atoms with Gasteiger partial charge in [0.1, 0.15) is 0 Å². The van der Waals surface area contributed by atoms with Crippen LogP contribution in [0.5, 0.6) is 0 Å². The molecule has 1 saturated heterocycles. The van der Waals surface area contributed by atoms with E-state index < -0.39 is 0 Å². The Labute approximate surface area is 73.1 Å². The molecule has 1 rings (SSSR count). The topological polar surface area (TPSA) is 58.4 Å². The van der Waals surface area contributed by atoms with Crippen molar-refractivity contribution >= 4 is 5.91 Å². The number of rotatable bonds is 2. The van der Waals surface area contributed by atoms with Crippen molar-refractivity contribution < 1.29 is 4.79 Å². The molecule has 3 N–H and O–H groups in total. The van der Waals surface area contributed by atoms with Crippen molar-refractivity contribution in [3.05, 3.63) is 0 Å². The van der Waals surface area contributed by atoms with Crippen LogP contribution in [0.1, 0.15) is 12.8 Å². The number of amides is 1. The maximum Gasteiger partial charge on any atom is 0.233 e. The van der Waals surface area contributed by atoms with Crippen LogP contribution in [0.2, 0.25) is 0 Å². The summed E-state index contributed by atoms with van der Waals surface area (Å²) < 4.78 is 0. The Morgan fingerprint density at radius 3 is 3.08 bits per heavy atom. The van der Waals surface area contributed by atoms with Crippen molar-refractivity contribution in [2.24, 2.45) is 5.73 Å². The quantitative estimate of drug-likeness (QED) is 0.569. The Hall–Kier alpha value is -0.610. The molecule has 0 aromatic carbocycles. The van der Waals surface area contributed by atoms with Gasteiger partial charge in [0.05, 0.1) is 6.54 Å². The van der Waals surface area contributed by atoms with Gasteiger partial charge in [-0.05, 0) is 19.4 Å². The van der Waals surface area contributed by atoms with Gasteiger partial charge < -0.3 is 11.1 Å². The summed E-state index contributed by atoms with van der Waals surface area (Å²) >= 11 is 0. The average Bonchev–Trinajstić information content (AvgIpc) is 2.04. The third-order valence-corrected chi connectivity index (χ3v) is 2.19. The molecule has 0 aromatic rings. The van der Waals surface area contributed by atoms with E-state index in [0.717, 1.165) is 25.9 Å². The van der Waals surface area contributed by atoms with Gasteiger partial charge in [-0.1, -0.05) is 0 Å². The van der Waals surface area contributed by atoms with Gasteiger partial charge in [-0.25, -0.2) is 0 Å². The molecule has 1 heterocycles. The lowest BCUT2D eigenvalue weighted by Crippen LogP contribution is -2.46. The standard InChI is InChI=1S/C8H17N3O/c1-10-8(12)6-11-4-2-3-7(9)5-11/h7H,2-6,9H2,1H3,(H,10,12). The number of nitrogens with one attached hydrogen (secondary N) is 1. The maximum atomic E-state index is 11.0. The van der Waals surface area contributed by atoms with Crippen LogP contribution in [-0.4, -0.2) is 43.5 Å². The summed E-state index contributed by atoms with van der Waals surface area (Å²) in [7, 11) is 1.66. The maximum absolute atomic E-state index is 11.0. The molecule has 4 nitrogen and oxygen atoms in total. The average molecular weight is 171 g/mol. The first-order chi connectivity index (χ1) is 5.72. The highest BCUT2D eigenvalue weighted by Gasteiger charge is 2.17. The van der Waals surface area contributed by atoms with Gasteiger partial charge >= 0.3 is 0 Å². The van der Waals surface area contributed by atoms with Crippen LogP contribution in [0.15, 0.2) is 0 Å². The fourth-order valence-electron chi connectivity index (χ4n) is 1.52. The van der Waals surface area contributed by atoms with Crippen LogP contribution in [0.4, 0.5) is 0 Å². The lowest BCUT2D eigenvalue weighted by Gasteiger charge is -2.29. The lowest BCUT2D eigenvalue weighted by atomic mass is 10.1. The predicted molar refractivity (Wildman–Crippen MR) is 47.7 cm³/mol. The zero-order chi connectivity index (χ0) is 8.97. The Morgan fingerprint density at radius 1 is 1.75 bits per heavy atom. The highest BCUT2D eigenvalue weighted by atomic mass is 16.1. The minimum absolute atomic E-state index is 0.0732. The van der Waals surface area contributed by atoms with Gasteiger partial charge in [0.2, 0.25) is 5.91 Å². The van der Waals surface area contributed by atoms with Gasteiger partial charge in [0, 0.05) is 19.6 Å². The summed E-state index contributed by atoms with van der Waals surface area (Å²) in [6, 6.07) is 0.253. The first kappa shape index (κ1) is 9.48. The Morgan fingerprint density at radius 2 is 2.50 bits per heavy atom. The molecule has 1 fully saturated rings. The Balaban J connectivity index is 2.27. The van der Waals surface area contributed by atoms with Crippen LogP contribution in [0.3, 0.4) is 0 Å². The molecule has 1 aliphatic rings. The Kier molecular flexibility index (Phi) is 3.49. The number of likely N-dealkylation sites (tertiary alicyclic amines) is 1. The number of nitrogens with two attached hydrogens (primary N) is 1. The molecule has 0 spiro atoms. The van der Waals surface area contributed by atoms with E-state index in [9.17, 15) is 4.79 Å². The molecule has 0 aromatic heterocycles. The van der Waals surface area contributed by atoms with Crippen LogP contribution < -0.4 is 11.1 Å². The predicted octanol–water partition coefficient (Wildman–Crippen LogP) is -0.844. The monoisotopic (exact) mass is 171 g/mol. The third-order valence-electron chi connectivity index (χ3n) is 2.19. The van der Waals surface area contributed by atoms with Gasteiger partial charge in [-0.15, -0.1) is 0 Å². The summed E-state index contributed by atoms with van der Waals surface area (Å²) in [6.45, 7) is 2.35. The van der Waals surface area contributed by atoms with Gasteiger partial charge in [-0.3, -0.25) is 9.69 Å². The SMILES string of the molecule is CNC(=O)CN1CCCC(N)C1. The van der Waals surface area contributed by atoms with Gasteiger partial charge in [0.15, 0.2) is 0 Å². The van der Waals surface area contributed by atoms with E-state index in [2.05, 4.69) is 10.2 Å². The Bertz CT molecular complexity index is 160. The minimum atomic E-state index is 0.0732. The number of piperidine rings is 1. The first-order valence-corrected chi connectivity index (χ1v) is 4.41. The van der Waals surface area contributed by atoms with Crippen LogP contribution >= 0.6 is 0 Å². The zero-order valence-corrected chi connectivity index (χ0v) is 7.55. The van der Waals surface area contributed by atoms with E-state index in [-0.39, 0.29) is 11.9 Å². The number of carbonyl (C=O) groups is 1. The number of nitrogens with zero attached hydrogens (tertiary/aromatic N) is 1. The molecule has 4 heteroatoms. The second-order valence-electron chi connectivity index (χ2n) is 3.31. The van der Waals surface area contributed by atoms with Crippen molar-refractivity contribution in [3.63, 3.8) is 0 Å². The molecule has 0 saturated carbocycles. The second kappa shape index (κ2) is 4.42. The second-order valence-corrected chi connectivity index (χ2v) is 3.31. The fraction of sp³-hybridized carbons (Fsp3) is 0.875. The minimum Gasteiger partial charge on any atom is -0.358 e. The summed E-state index contributed by atoms with van der Waals surface area (Å²) in [4.78, 5) is 13.1. The van der Waals surface area contributed by atoms with Crippen molar-refractivity contribution in [1.82, 2.24) is 10.2 Å². The molecule has 70 valence electrons. The van der Waals surface area contributed by atoms with E-state index in [1.54, 1.807) is 7.05 Å². The first-order valence-electron chi connectivity index (χ1n) is 4.41. The lowest BCUT2D eigenvalue weighted by molar-refractivity contribution is -0.122. The number of hydrogen-bond donors (Lipinski definition) is 2. The fourth-order valence-corrected chi connectivity index (χ4v) is 1.52. The van der Waals surface area contributed by atoms with Crippen molar-refractivity contribution in [2.45, 2.75) is 18.9 Å². The number of carbonyl (C=O) groups excluding carboxylic acids is 1. The van der Waals surface area contributed by atoms with E-state index in [1.165, 1.54) is 0 Å². The third kappa shape index (κ3) is 2.79. The molecule has 12 heavy (non-hydrogen) atoms. The molecule has 1 unspecified atom stereocenters. The van der Waals surface area contributed by atoms with Crippen molar-refractivity contribution in [3.8, 4) is 0 Å². The van der Waals surface area contributed by atoms with Crippen molar-refractivity contribution in [2.75, 3.05) is 26.7 Å². The van der Waals surface area contributed by atoms with Crippen molar-refractivity contribution in [1.29, 1.82) is 0 Å². The zero-order valence-electron chi connectivity index (χ0n) is 7.55. The largest absolute Gasteiger partial charge is 0.358 e. The number of likely N-dealkylation sites (N-methyl/N-ethyl adjacent to an activating group) is 1. The van der Waals surface area contributed by atoms with Crippen LogP contribution in [0, 0.1) is 0 Å². The van der Waals surface area contributed by atoms with Crippen LogP contribution in [-0.2, 0) is 4.79 Å². The van der Waals surface area contributed by atoms with E-state index in [1.807, 2.05) is 0 Å². The van der Waals surface area contributed by atoms with Crippen LogP contribution in [0.25, 0.3) is 0 Å². The molecule has 1 amide bonds. The summed E-state index contributed by atoms with van der Waals surface area (Å²) in [5.41, 5.74) is 5.77. The van der Waals surface area contributed by atoms with E-state index in [0.29, 0.717) is 6.54 Å².